The second-order valence-electron chi connectivity index (χ2n) is 15.4. The molecule has 2 heterocycles. The summed E-state index contributed by atoms with van der Waals surface area (Å²) in [6, 6.07) is 10.7. The molecule has 1 saturated heterocycles. The fourth-order valence-electron chi connectivity index (χ4n) is 6.01. The van der Waals surface area contributed by atoms with E-state index < -0.39 is 53.3 Å². The van der Waals surface area contributed by atoms with Gasteiger partial charge in [-0.05, 0) is 68.9 Å². The lowest BCUT2D eigenvalue weighted by Gasteiger charge is -2.35. The van der Waals surface area contributed by atoms with Gasteiger partial charge < -0.3 is 30.2 Å². The molecule has 10 nitrogen and oxygen atoms in total. The van der Waals surface area contributed by atoms with Crippen molar-refractivity contribution in [1.82, 2.24) is 16.0 Å². The lowest BCUT2D eigenvalue weighted by molar-refractivity contribution is -0.157. The lowest BCUT2D eigenvalue weighted by Crippen LogP contribution is -2.58. The van der Waals surface area contributed by atoms with Gasteiger partial charge in [0.1, 0.15) is 30.0 Å². The molecule has 11 heteroatoms. The van der Waals surface area contributed by atoms with E-state index >= 15 is 0 Å². The first kappa shape index (κ1) is 38.9. The maximum atomic E-state index is 13.9. The summed E-state index contributed by atoms with van der Waals surface area (Å²) in [6.07, 6.45) is 2.66. The number of rotatable bonds is 7. The normalized spacial score (nSPS) is 27.6. The number of hydrogen-bond donors (Lipinski definition) is 3. The van der Waals surface area contributed by atoms with Crippen molar-refractivity contribution in [2.75, 3.05) is 7.11 Å². The molecule has 0 aliphatic carbocycles. The third kappa shape index (κ3) is 10.1. The molecule has 4 rings (SSSR count). The smallest absolute Gasteiger partial charge is 0.328 e. The molecule has 3 N–H and O–H groups in total. The summed E-state index contributed by atoms with van der Waals surface area (Å²) >= 11 is 6.36. The van der Waals surface area contributed by atoms with Gasteiger partial charge in [0, 0.05) is 24.8 Å². The average Bonchev–Trinajstić information content (AvgIpc) is 3.83. The summed E-state index contributed by atoms with van der Waals surface area (Å²) in [5.74, 6) is -1.69. The number of benzene rings is 2. The van der Waals surface area contributed by atoms with Crippen molar-refractivity contribution in [2.45, 2.75) is 111 Å². The Balaban J connectivity index is 1.65. The van der Waals surface area contributed by atoms with Crippen molar-refractivity contribution in [3.63, 3.8) is 0 Å². The Hall–Kier alpha value is -3.89. The first-order chi connectivity index (χ1) is 23.4. The topological polar surface area (TPSA) is 135 Å². The average molecular weight is 710 g/mol. The molecule has 2 aliphatic rings. The molecule has 3 amide bonds. The lowest BCUT2D eigenvalue weighted by atomic mass is 9.82. The number of epoxide rings is 1. The van der Waals surface area contributed by atoms with Crippen LogP contribution >= 0.6 is 11.6 Å². The number of amides is 3. The van der Waals surface area contributed by atoms with Gasteiger partial charge in [0.25, 0.3) is 0 Å². The molecule has 1 fully saturated rings. The van der Waals surface area contributed by atoms with Crippen molar-refractivity contribution in [3.8, 4) is 5.75 Å². The van der Waals surface area contributed by atoms with E-state index in [1.807, 2.05) is 58.9 Å². The van der Waals surface area contributed by atoms with E-state index in [1.165, 1.54) is 13.2 Å². The minimum absolute atomic E-state index is 0.138. The Bertz CT molecular complexity index is 1580. The van der Waals surface area contributed by atoms with Crippen LogP contribution < -0.4 is 20.7 Å². The summed E-state index contributed by atoms with van der Waals surface area (Å²) < 4.78 is 17.5. The first-order valence-corrected chi connectivity index (χ1v) is 17.6. The van der Waals surface area contributed by atoms with Crippen LogP contribution in [0.15, 0.2) is 54.6 Å². The molecule has 272 valence electrons. The van der Waals surface area contributed by atoms with Gasteiger partial charge in [-0.1, -0.05) is 81.3 Å². The highest BCUT2D eigenvalue weighted by Crippen LogP contribution is 2.45. The number of carbonyl (C=O) groups excluding carboxylic acids is 4. The quantitative estimate of drug-likeness (QED) is 0.245. The zero-order chi connectivity index (χ0) is 37.0. The summed E-state index contributed by atoms with van der Waals surface area (Å²) in [4.78, 5) is 54.8. The Morgan fingerprint density at radius 1 is 1.00 bits per heavy atom. The molecule has 0 radical (unpaired) electrons. The van der Waals surface area contributed by atoms with E-state index in [-0.39, 0.29) is 36.4 Å². The predicted molar refractivity (Wildman–Crippen MR) is 193 cm³/mol. The molecule has 2 aliphatic heterocycles. The minimum Gasteiger partial charge on any atom is -0.495 e. The van der Waals surface area contributed by atoms with Crippen LogP contribution in [0.3, 0.4) is 0 Å². The summed E-state index contributed by atoms with van der Waals surface area (Å²) in [7, 11) is 1.51. The van der Waals surface area contributed by atoms with Crippen LogP contribution in [0.25, 0.3) is 0 Å². The maximum absolute atomic E-state index is 13.9. The largest absolute Gasteiger partial charge is 0.495 e. The molecule has 7 atom stereocenters. The Kier molecular flexibility index (Phi) is 12.4. The summed E-state index contributed by atoms with van der Waals surface area (Å²) in [5.41, 5.74) is 1.42. The SMILES string of the molecule is COc1ccc(C[C@H]2NC(=O)/C=C/C[C@@H]([C@H](C)[C@H]3O[C@@H]3c3ccc(C)cc3)OC(=O)[C@H](CC(C)(C)C)NC(=O)C(C)(C)[C@H](C)NC2=O)cc1Cl. The molecular weight excluding hydrogens is 658 g/mol. The molecule has 50 heavy (non-hydrogen) atoms. The van der Waals surface area contributed by atoms with Gasteiger partial charge in [0.2, 0.25) is 17.7 Å². The Morgan fingerprint density at radius 2 is 1.68 bits per heavy atom. The zero-order valence-electron chi connectivity index (χ0n) is 30.6. The standard InChI is InChI=1S/C39H52ClN3O7/c1-22-13-16-26(17-14-22)34-33(50-34)23(2)30-11-10-12-32(44)42-28(20-25-15-18-31(48-9)27(40)19-25)35(45)41-24(3)39(7,8)37(47)43-29(36(46)49-30)21-38(4,5)6/h10,12-19,23-24,28-30,33-34H,11,20-21H2,1-9H3,(H,41,45)(H,42,44)(H,43,47)/b12-10+/t23-,24-,28+,29-,30-,33+,34+/m0/s1. The second kappa shape index (κ2) is 16.0. The van der Waals surface area contributed by atoms with Crippen molar-refractivity contribution in [2.24, 2.45) is 16.7 Å². The van der Waals surface area contributed by atoms with Gasteiger partial charge in [-0.3, -0.25) is 14.4 Å². The number of carbonyl (C=O) groups is 4. The van der Waals surface area contributed by atoms with E-state index in [2.05, 4.69) is 16.0 Å². The van der Waals surface area contributed by atoms with Crippen molar-refractivity contribution < 1.29 is 33.4 Å². The second-order valence-corrected chi connectivity index (χ2v) is 15.8. The molecule has 2 aromatic rings. The molecule has 0 unspecified atom stereocenters. The molecule has 0 aromatic heterocycles. The number of hydrogen-bond acceptors (Lipinski definition) is 7. The third-order valence-corrected chi connectivity index (χ3v) is 9.96. The molecular formula is C39H52ClN3O7. The van der Waals surface area contributed by atoms with Gasteiger partial charge in [0.05, 0.1) is 23.7 Å². The van der Waals surface area contributed by atoms with Crippen LogP contribution in [-0.4, -0.2) is 61.1 Å². The van der Waals surface area contributed by atoms with Crippen molar-refractivity contribution >= 4 is 35.3 Å². The van der Waals surface area contributed by atoms with Gasteiger partial charge in [-0.2, -0.15) is 0 Å². The number of esters is 1. The highest BCUT2D eigenvalue weighted by atomic mass is 35.5. The number of nitrogens with one attached hydrogen (secondary N) is 3. The van der Waals surface area contributed by atoms with Crippen molar-refractivity contribution in [1.29, 1.82) is 0 Å². The number of methoxy groups -OCH3 is 1. The van der Waals surface area contributed by atoms with Crippen LogP contribution in [0.5, 0.6) is 5.75 Å². The van der Waals surface area contributed by atoms with E-state index in [9.17, 15) is 19.2 Å². The van der Waals surface area contributed by atoms with E-state index in [0.29, 0.717) is 22.8 Å². The fraction of sp³-hybridized carbons (Fsp3) is 0.538. The fourth-order valence-corrected chi connectivity index (χ4v) is 6.29. The summed E-state index contributed by atoms with van der Waals surface area (Å²) in [6.45, 7) is 15.1. The molecule has 0 spiro atoms. The van der Waals surface area contributed by atoms with E-state index in [4.69, 9.17) is 25.8 Å². The van der Waals surface area contributed by atoms with Gasteiger partial charge >= 0.3 is 5.97 Å². The number of ether oxygens (including phenoxy) is 3. The maximum Gasteiger partial charge on any atom is 0.328 e. The van der Waals surface area contributed by atoms with Crippen LogP contribution in [0.4, 0.5) is 0 Å². The predicted octanol–water partition coefficient (Wildman–Crippen LogP) is 5.78. The van der Waals surface area contributed by atoms with Gasteiger partial charge in [0.15, 0.2) is 0 Å². The van der Waals surface area contributed by atoms with Crippen LogP contribution in [0, 0.1) is 23.7 Å². The molecule has 0 saturated carbocycles. The number of aryl methyl sites for hydroxylation is 1. The highest BCUT2D eigenvalue weighted by Gasteiger charge is 2.48. The Morgan fingerprint density at radius 3 is 2.30 bits per heavy atom. The number of halogens is 1. The monoisotopic (exact) mass is 709 g/mol. The molecule has 0 bridgehead atoms. The highest BCUT2D eigenvalue weighted by molar-refractivity contribution is 6.32. The third-order valence-electron chi connectivity index (χ3n) is 9.66. The first-order valence-electron chi connectivity index (χ1n) is 17.2. The van der Waals surface area contributed by atoms with Crippen molar-refractivity contribution in [3.05, 3.63) is 76.3 Å². The zero-order valence-corrected chi connectivity index (χ0v) is 31.4. The van der Waals surface area contributed by atoms with Crippen LogP contribution in [0.2, 0.25) is 5.02 Å². The van der Waals surface area contributed by atoms with Gasteiger partial charge in [-0.15, -0.1) is 0 Å². The Labute approximate surface area is 301 Å². The van der Waals surface area contributed by atoms with Crippen LogP contribution in [-0.2, 0) is 35.1 Å². The minimum atomic E-state index is -1.14. The van der Waals surface area contributed by atoms with Gasteiger partial charge in [-0.25, -0.2) is 4.79 Å². The van der Waals surface area contributed by atoms with E-state index in [0.717, 1.165) is 11.1 Å². The van der Waals surface area contributed by atoms with E-state index in [1.54, 1.807) is 45.0 Å². The summed E-state index contributed by atoms with van der Waals surface area (Å²) in [5, 5.41) is 9.06. The number of cyclic esters (lactones) is 1. The molecule has 2 aromatic carbocycles. The van der Waals surface area contributed by atoms with Crippen LogP contribution in [0.1, 0.15) is 84.1 Å².